The molecule has 0 aliphatic heterocycles. The molecule has 1 aliphatic rings. The van der Waals surface area contributed by atoms with Crippen LogP contribution >= 0.6 is 0 Å². The second kappa shape index (κ2) is 4.40. The van der Waals surface area contributed by atoms with Crippen molar-refractivity contribution in [1.82, 2.24) is 0 Å². The highest BCUT2D eigenvalue weighted by Crippen LogP contribution is 2.47. The summed E-state index contributed by atoms with van der Waals surface area (Å²) in [7, 11) is 0. The normalized spacial score (nSPS) is 23.5. The molecular weight excluding hydrogens is 196 g/mol. The molecule has 0 bridgehead atoms. The van der Waals surface area contributed by atoms with Crippen molar-refractivity contribution in [2.24, 2.45) is 11.8 Å². The van der Waals surface area contributed by atoms with E-state index in [2.05, 4.69) is 38.1 Å². The zero-order chi connectivity index (χ0) is 11.7. The van der Waals surface area contributed by atoms with Crippen LogP contribution in [0.15, 0.2) is 24.3 Å². The highest BCUT2D eigenvalue weighted by atomic mass is 16.1. The summed E-state index contributed by atoms with van der Waals surface area (Å²) in [5, 5.41) is 0. The number of benzene rings is 1. The lowest BCUT2D eigenvalue weighted by atomic mass is 10.00. The SMILES string of the molecule is CC(=O)C1CC1c1ccc(CC(C)C)cc1. The van der Waals surface area contributed by atoms with Crippen LogP contribution < -0.4 is 0 Å². The predicted molar refractivity (Wildman–Crippen MR) is 66.5 cm³/mol. The van der Waals surface area contributed by atoms with Crippen LogP contribution in [0.3, 0.4) is 0 Å². The highest BCUT2D eigenvalue weighted by Gasteiger charge is 2.41. The average molecular weight is 216 g/mol. The first kappa shape index (κ1) is 11.4. The van der Waals surface area contributed by atoms with Crippen LogP contribution in [-0.2, 0) is 11.2 Å². The summed E-state index contributed by atoms with van der Waals surface area (Å²) in [5.74, 6) is 1.86. The van der Waals surface area contributed by atoms with Gasteiger partial charge >= 0.3 is 0 Å². The van der Waals surface area contributed by atoms with Crippen LogP contribution in [0.4, 0.5) is 0 Å². The minimum Gasteiger partial charge on any atom is -0.300 e. The maximum absolute atomic E-state index is 11.2. The first-order valence-corrected chi connectivity index (χ1v) is 6.17. The fraction of sp³-hybridized carbons (Fsp3) is 0.533. The standard InChI is InChI=1S/C15H20O/c1-10(2)8-12-4-6-13(7-5-12)15-9-14(15)11(3)16/h4-7,10,14-15H,8-9H2,1-3H3. The summed E-state index contributed by atoms with van der Waals surface area (Å²) in [4.78, 5) is 11.2. The van der Waals surface area contributed by atoms with Gasteiger partial charge in [-0.05, 0) is 42.7 Å². The molecule has 86 valence electrons. The van der Waals surface area contributed by atoms with Gasteiger partial charge in [0.05, 0.1) is 0 Å². The maximum Gasteiger partial charge on any atom is 0.133 e. The molecule has 2 rings (SSSR count). The molecule has 0 heterocycles. The van der Waals surface area contributed by atoms with Gasteiger partial charge in [-0.15, -0.1) is 0 Å². The van der Waals surface area contributed by atoms with Crippen molar-refractivity contribution in [3.8, 4) is 0 Å². The Morgan fingerprint density at radius 1 is 1.31 bits per heavy atom. The van der Waals surface area contributed by atoms with Crippen LogP contribution in [-0.4, -0.2) is 5.78 Å². The van der Waals surface area contributed by atoms with Crippen LogP contribution in [0.5, 0.6) is 0 Å². The summed E-state index contributed by atoms with van der Waals surface area (Å²) in [5.41, 5.74) is 2.74. The van der Waals surface area contributed by atoms with Crippen molar-refractivity contribution < 1.29 is 4.79 Å². The molecule has 1 heteroatoms. The van der Waals surface area contributed by atoms with E-state index in [0.717, 1.165) is 12.8 Å². The van der Waals surface area contributed by atoms with Crippen molar-refractivity contribution in [2.75, 3.05) is 0 Å². The molecule has 16 heavy (non-hydrogen) atoms. The number of ketones is 1. The monoisotopic (exact) mass is 216 g/mol. The number of carbonyl (C=O) groups excluding carboxylic acids is 1. The molecule has 0 radical (unpaired) electrons. The molecule has 1 aliphatic carbocycles. The third-order valence-electron chi connectivity index (χ3n) is 3.36. The van der Waals surface area contributed by atoms with Gasteiger partial charge in [-0.25, -0.2) is 0 Å². The van der Waals surface area contributed by atoms with E-state index in [0.29, 0.717) is 23.5 Å². The Labute approximate surface area is 97.9 Å². The summed E-state index contributed by atoms with van der Waals surface area (Å²) in [6.45, 7) is 6.18. The summed E-state index contributed by atoms with van der Waals surface area (Å²) in [6, 6.07) is 8.83. The first-order chi connectivity index (χ1) is 7.58. The van der Waals surface area contributed by atoms with E-state index in [9.17, 15) is 4.79 Å². The Bertz CT molecular complexity index is 375. The third-order valence-corrected chi connectivity index (χ3v) is 3.36. The summed E-state index contributed by atoms with van der Waals surface area (Å²) < 4.78 is 0. The smallest absolute Gasteiger partial charge is 0.133 e. The first-order valence-electron chi connectivity index (χ1n) is 6.17. The molecule has 2 unspecified atom stereocenters. The molecule has 2 atom stereocenters. The number of hydrogen-bond acceptors (Lipinski definition) is 1. The van der Waals surface area contributed by atoms with Gasteiger partial charge < -0.3 is 0 Å². The van der Waals surface area contributed by atoms with Gasteiger partial charge in [-0.3, -0.25) is 4.79 Å². The zero-order valence-corrected chi connectivity index (χ0v) is 10.4. The Hall–Kier alpha value is -1.11. The molecule has 1 nitrogen and oxygen atoms in total. The fourth-order valence-electron chi connectivity index (χ4n) is 2.38. The van der Waals surface area contributed by atoms with E-state index in [1.165, 1.54) is 11.1 Å². The van der Waals surface area contributed by atoms with Gasteiger partial charge in [0.15, 0.2) is 0 Å². The second-order valence-corrected chi connectivity index (χ2v) is 5.40. The lowest BCUT2D eigenvalue weighted by Crippen LogP contribution is -1.96. The van der Waals surface area contributed by atoms with E-state index < -0.39 is 0 Å². The number of Topliss-reactive ketones (excluding diaryl/α,β-unsaturated/α-hetero) is 1. The topological polar surface area (TPSA) is 17.1 Å². The third kappa shape index (κ3) is 2.52. The molecule has 1 aromatic rings. The van der Waals surface area contributed by atoms with Crippen LogP contribution in [0.1, 0.15) is 44.2 Å². The molecule has 0 spiro atoms. The quantitative estimate of drug-likeness (QED) is 0.752. The van der Waals surface area contributed by atoms with E-state index in [4.69, 9.17) is 0 Å². The average Bonchev–Trinajstić information content (AvgIpc) is 2.97. The minimum absolute atomic E-state index is 0.302. The summed E-state index contributed by atoms with van der Waals surface area (Å²) >= 11 is 0. The lowest BCUT2D eigenvalue weighted by Gasteiger charge is -2.06. The van der Waals surface area contributed by atoms with Crippen molar-refractivity contribution in [2.45, 2.75) is 39.5 Å². The molecule has 1 saturated carbocycles. The van der Waals surface area contributed by atoms with Crippen molar-refractivity contribution in [1.29, 1.82) is 0 Å². The maximum atomic E-state index is 11.2. The minimum atomic E-state index is 0.302. The highest BCUT2D eigenvalue weighted by molar-refractivity contribution is 5.82. The Balaban J connectivity index is 2.01. The largest absolute Gasteiger partial charge is 0.300 e. The molecular formula is C15H20O. The van der Waals surface area contributed by atoms with Crippen LogP contribution in [0.25, 0.3) is 0 Å². The van der Waals surface area contributed by atoms with Gasteiger partial charge in [-0.1, -0.05) is 38.1 Å². The van der Waals surface area contributed by atoms with E-state index >= 15 is 0 Å². The van der Waals surface area contributed by atoms with Gasteiger partial charge in [-0.2, -0.15) is 0 Å². The lowest BCUT2D eigenvalue weighted by molar-refractivity contribution is -0.118. The van der Waals surface area contributed by atoms with Gasteiger partial charge in [0.25, 0.3) is 0 Å². The molecule has 0 aromatic heterocycles. The molecule has 1 aromatic carbocycles. The summed E-state index contributed by atoms with van der Waals surface area (Å²) in [6.07, 6.45) is 2.19. The van der Waals surface area contributed by atoms with Gasteiger partial charge in [0.2, 0.25) is 0 Å². The van der Waals surface area contributed by atoms with E-state index in [1.807, 2.05) is 0 Å². The van der Waals surface area contributed by atoms with Crippen LogP contribution in [0, 0.1) is 11.8 Å². The second-order valence-electron chi connectivity index (χ2n) is 5.40. The molecule has 0 N–H and O–H groups in total. The van der Waals surface area contributed by atoms with Gasteiger partial charge in [0.1, 0.15) is 5.78 Å². The van der Waals surface area contributed by atoms with E-state index in [1.54, 1.807) is 6.92 Å². The Kier molecular flexibility index (Phi) is 3.13. The Morgan fingerprint density at radius 2 is 1.94 bits per heavy atom. The fourth-order valence-corrected chi connectivity index (χ4v) is 2.38. The van der Waals surface area contributed by atoms with E-state index in [-0.39, 0.29) is 0 Å². The number of carbonyl (C=O) groups is 1. The van der Waals surface area contributed by atoms with Gasteiger partial charge in [0, 0.05) is 5.92 Å². The Morgan fingerprint density at radius 3 is 2.38 bits per heavy atom. The van der Waals surface area contributed by atoms with Crippen molar-refractivity contribution >= 4 is 5.78 Å². The van der Waals surface area contributed by atoms with Crippen LogP contribution in [0.2, 0.25) is 0 Å². The predicted octanol–water partition coefficient (Wildman–Crippen LogP) is 3.58. The molecule has 1 fully saturated rings. The van der Waals surface area contributed by atoms with Crippen molar-refractivity contribution in [3.05, 3.63) is 35.4 Å². The molecule has 0 saturated heterocycles. The van der Waals surface area contributed by atoms with Crippen molar-refractivity contribution in [3.63, 3.8) is 0 Å². The zero-order valence-electron chi connectivity index (χ0n) is 10.4. The number of hydrogen-bond donors (Lipinski definition) is 0. The number of rotatable bonds is 4. The molecule has 0 amide bonds.